The minimum absolute atomic E-state index is 0.416. The highest BCUT2D eigenvalue weighted by Gasteiger charge is 2.52. The molecule has 3 heteroatoms. The van der Waals surface area contributed by atoms with Gasteiger partial charge in [-0.2, -0.15) is 0 Å². The summed E-state index contributed by atoms with van der Waals surface area (Å²) in [7, 11) is 0. The average molecular weight is 717 g/mol. The first-order chi connectivity index (χ1) is 27.3. The number of pyridine rings is 1. The van der Waals surface area contributed by atoms with Crippen LogP contribution in [-0.2, 0) is 5.41 Å². The molecule has 55 heavy (non-hydrogen) atoms. The fourth-order valence-electron chi connectivity index (χ4n) is 9.64. The predicted molar refractivity (Wildman–Crippen MR) is 231 cm³/mol. The van der Waals surface area contributed by atoms with Crippen LogP contribution in [0.2, 0.25) is 0 Å². The molecular formula is C52H32N2S. The summed E-state index contributed by atoms with van der Waals surface area (Å²) in [5, 5.41) is 3.69. The molecule has 12 rings (SSSR count). The van der Waals surface area contributed by atoms with Gasteiger partial charge >= 0.3 is 0 Å². The number of aromatic nitrogens is 1. The van der Waals surface area contributed by atoms with E-state index in [1.807, 2.05) is 23.6 Å². The number of fused-ring (bicyclic) bond motifs is 14. The highest BCUT2D eigenvalue weighted by molar-refractivity contribution is 7.25. The van der Waals surface area contributed by atoms with E-state index in [0.29, 0.717) is 0 Å². The summed E-state index contributed by atoms with van der Waals surface area (Å²) >= 11 is 1.84. The largest absolute Gasteiger partial charge is 0.310 e. The number of thiophene rings is 1. The summed E-state index contributed by atoms with van der Waals surface area (Å²) in [6.07, 6.45) is 1.88. The molecule has 0 amide bonds. The number of hydrogen-bond acceptors (Lipinski definition) is 3. The summed E-state index contributed by atoms with van der Waals surface area (Å²) in [6.45, 7) is 0. The minimum atomic E-state index is -0.416. The summed E-state index contributed by atoms with van der Waals surface area (Å²) in [5.41, 5.74) is 17.0. The van der Waals surface area contributed by atoms with Gasteiger partial charge in [0.05, 0.1) is 16.6 Å². The van der Waals surface area contributed by atoms with Crippen LogP contribution in [0, 0.1) is 0 Å². The first-order valence-electron chi connectivity index (χ1n) is 18.9. The van der Waals surface area contributed by atoms with Crippen LogP contribution in [0.4, 0.5) is 17.1 Å². The lowest BCUT2D eigenvalue weighted by Gasteiger charge is -2.32. The molecule has 2 heterocycles. The molecular weight excluding hydrogens is 685 g/mol. The van der Waals surface area contributed by atoms with Crippen molar-refractivity contribution in [1.82, 2.24) is 4.98 Å². The SMILES string of the molecule is c1ccc(-c2ccc(N(c3ccc4sc5cc6ncccc6cc5c4c3)c3cccc4c3-c3ccccc3C43c4ccccc4-c4ccccc43)cc2)cc1. The zero-order valence-electron chi connectivity index (χ0n) is 29.8. The van der Waals surface area contributed by atoms with E-state index in [9.17, 15) is 0 Å². The Hall–Kier alpha value is -6.81. The third-order valence-corrected chi connectivity index (χ3v) is 13.0. The van der Waals surface area contributed by atoms with Crippen molar-refractivity contribution in [2.45, 2.75) is 5.41 Å². The van der Waals surface area contributed by atoms with Gasteiger partial charge in [-0.25, -0.2) is 0 Å². The van der Waals surface area contributed by atoms with E-state index in [4.69, 9.17) is 0 Å². The molecule has 2 aliphatic rings. The smallest absolute Gasteiger partial charge is 0.0726 e. The zero-order valence-corrected chi connectivity index (χ0v) is 30.6. The molecule has 0 saturated carbocycles. The van der Waals surface area contributed by atoms with Gasteiger partial charge in [0.1, 0.15) is 0 Å². The number of rotatable bonds is 4. The summed E-state index contributed by atoms with van der Waals surface area (Å²) in [5.74, 6) is 0. The van der Waals surface area contributed by atoms with Gasteiger partial charge in [0.2, 0.25) is 0 Å². The van der Waals surface area contributed by atoms with E-state index in [1.54, 1.807) is 0 Å². The van der Waals surface area contributed by atoms with Crippen molar-refractivity contribution < 1.29 is 0 Å². The van der Waals surface area contributed by atoms with E-state index in [1.165, 1.54) is 81.5 Å². The van der Waals surface area contributed by atoms with Crippen LogP contribution in [0.15, 0.2) is 194 Å². The lowest BCUT2D eigenvalue weighted by molar-refractivity contribution is 0.794. The van der Waals surface area contributed by atoms with Gasteiger partial charge in [0.15, 0.2) is 0 Å². The molecule has 256 valence electrons. The van der Waals surface area contributed by atoms with Crippen molar-refractivity contribution in [3.05, 3.63) is 217 Å². The second kappa shape index (κ2) is 11.6. The summed E-state index contributed by atoms with van der Waals surface area (Å²) in [4.78, 5) is 7.15. The quantitative estimate of drug-likeness (QED) is 0.180. The van der Waals surface area contributed by atoms with Gasteiger partial charge in [0.25, 0.3) is 0 Å². The van der Waals surface area contributed by atoms with E-state index in [0.717, 1.165) is 22.3 Å². The van der Waals surface area contributed by atoms with Gasteiger partial charge in [-0.3, -0.25) is 4.98 Å². The van der Waals surface area contributed by atoms with Crippen molar-refractivity contribution >= 4 is 59.5 Å². The molecule has 0 saturated heterocycles. The Morgan fingerprint density at radius 3 is 1.82 bits per heavy atom. The van der Waals surface area contributed by atoms with Gasteiger partial charge in [-0.1, -0.05) is 133 Å². The van der Waals surface area contributed by atoms with Crippen molar-refractivity contribution in [2.24, 2.45) is 0 Å². The van der Waals surface area contributed by atoms with Crippen molar-refractivity contribution in [3.63, 3.8) is 0 Å². The van der Waals surface area contributed by atoms with Gasteiger partial charge in [0, 0.05) is 48.7 Å². The molecule has 0 unspecified atom stereocenters. The minimum Gasteiger partial charge on any atom is -0.310 e. The standard InChI is InChI=1S/C52H32N2S/c1-2-12-33(13-3-1)34-23-25-36(26-24-34)54(37-27-28-49-42(31-37)41-30-35-14-11-29-53-47(35)32-50(41)55-49)48-22-10-21-46-51(48)40-17-6-9-20-45(40)52(46)43-18-7-4-15-38(43)39-16-5-8-19-44(39)52/h1-32H. The first kappa shape index (κ1) is 30.6. The molecule has 0 atom stereocenters. The Bertz CT molecular complexity index is 3110. The predicted octanol–water partition coefficient (Wildman–Crippen LogP) is 14.1. The molecule has 0 aliphatic heterocycles. The molecule has 0 N–H and O–H groups in total. The normalized spacial score (nSPS) is 13.2. The molecule has 2 nitrogen and oxygen atoms in total. The van der Waals surface area contributed by atoms with E-state index in [2.05, 4.69) is 192 Å². The zero-order chi connectivity index (χ0) is 36.1. The Morgan fingerprint density at radius 2 is 1.05 bits per heavy atom. The van der Waals surface area contributed by atoms with Gasteiger partial charge < -0.3 is 4.90 Å². The maximum Gasteiger partial charge on any atom is 0.0726 e. The number of hydrogen-bond donors (Lipinski definition) is 0. The van der Waals surface area contributed by atoms with Gasteiger partial charge in [-0.15, -0.1) is 11.3 Å². The number of benzene rings is 8. The third kappa shape index (κ3) is 4.27. The fourth-order valence-corrected chi connectivity index (χ4v) is 10.7. The molecule has 8 aromatic carbocycles. The molecule has 2 aliphatic carbocycles. The highest BCUT2D eigenvalue weighted by Crippen LogP contribution is 2.64. The average Bonchev–Trinajstić information content (AvgIpc) is 3.87. The van der Waals surface area contributed by atoms with Gasteiger partial charge in [-0.05, 0) is 105 Å². The third-order valence-electron chi connectivity index (χ3n) is 11.9. The molecule has 2 aromatic heterocycles. The maximum atomic E-state index is 4.66. The van der Waals surface area contributed by atoms with Crippen LogP contribution in [0.25, 0.3) is 64.5 Å². The lowest BCUT2D eigenvalue weighted by Crippen LogP contribution is -2.26. The van der Waals surface area contributed by atoms with Crippen LogP contribution >= 0.6 is 11.3 Å². The van der Waals surface area contributed by atoms with E-state index >= 15 is 0 Å². The summed E-state index contributed by atoms with van der Waals surface area (Å²) in [6, 6.07) is 69.6. The van der Waals surface area contributed by atoms with Crippen LogP contribution in [0.5, 0.6) is 0 Å². The Labute approximate surface area is 323 Å². The monoisotopic (exact) mass is 716 g/mol. The van der Waals surface area contributed by atoms with Crippen LogP contribution in [0.3, 0.4) is 0 Å². The molecule has 0 radical (unpaired) electrons. The second-order valence-corrected chi connectivity index (χ2v) is 15.7. The van der Waals surface area contributed by atoms with Crippen molar-refractivity contribution in [2.75, 3.05) is 4.90 Å². The van der Waals surface area contributed by atoms with E-state index < -0.39 is 5.41 Å². The van der Waals surface area contributed by atoms with Crippen LogP contribution in [-0.4, -0.2) is 4.98 Å². The molecule has 0 fully saturated rings. The number of anilines is 3. The first-order valence-corrected chi connectivity index (χ1v) is 19.7. The van der Waals surface area contributed by atoms with Crippen LogP contribution < -0.4 is 4.90 Å². The van der Waals surface area contributed by atoms with Crippen LogP contribution in [0.1, 0.15) is 22.3 Å². The van der Waals surface area contributed by atoms with E-state index in [-0.39, 0.29) is 0 Å². The fraction of sp³-hybridized carbons (Fsp3) is 0.0192. The van der Waals surface area contributed by atoms with Crippen molar-refractivity contribution in [1.29, 1.82) is 0 Å². The number of nitrogens with zero attached hydrogens (tertiary/aromatic N) is 2. The lowest BCUT2D eigenvalue weighted by atomic mass is 9.70. The Kier molecular flexibility index (Phi) is 6.46. The summed E-state index contributed by atoms with van der Waals surface area (Å²) < 4.78 is 2.53. The Morgan fingerprint density at radius 1 is 0.436 bits per heavy atom. The Balaban J connectivity index is 1.14. The highest BCUT2D eigenvalue weighted by atomic mass is 32.1. The molecule has 1 spiro atoms. The maximum absolute atomic E-state index is 4.66. The molecule has 10 aromatic rings. The second-order valence-electron chi connectivity index (χ2n) is 14.7. The topological polar surface area (TPSA) is 16.1 Å². The molecule has 0 bridgehead atoms. The van der Waals surface area contributed by atoms with Crippen molar-refractivity contribution in [3.8, 4) is 33.4 Å².